The molecule has 1 saturated heterocycles. The number of carbonyl (C=O) groups excluding carboxylic acids is 2. The van der Waals surface area contributed by atoms with Gasteiger partial charge in [0.25, 0.3) is 5.91 Å². The van der Waals surface area contributed by atoms with Crippen molar-refractivity contribution in [2.24, 2.45) is 11.8 Å². The lowest BCUT2D eigenvalue weighted by atomic mass is 9.99. The number of aromatic amines is 1. The number of hydrogen-bond donors (Lipinski definition) is 1. The standard InChI is InChI=1S/C12H17N3O3/c1-7-5-15(6-10(7)12(17)18-3)11(16)9-4-13-14-8(9)2/h4,7,10H,5-6H2,1-3H3,(H,13,14). The van der Waals surface area contributed by atoms with Crippen LogP contribution in [-0.2, 0) is 9.53 Å². The Morgan fingerprint density at radius 2 is 2.22 bits per heavy atom. The zero-order valence-corrected chi connectivity index (χ0v) is 10.8. The van der Waals surface area contributed by atoms with Crippen LogP contribution < -0.4 is 0 Å². The van der Waals surface area contributed by atoms with Crippen LogP contribution in [0.4, 0.5) is 0 Å². The fraction of sp³-hybridized carbons (Fsp3) is 0.583. The maximum absolute atomic E-state index is 12.2. The van der Waals surface area contributed by atoms with Crippen molar-refractivity contribution in [2.45, 2.75) is 13.8 Å². The first kappa shape index (κ1) is 12.6. The number of H-pyrrole nitrogens is 1. The van der Waals surface area contributed by atoms with Crippen LogP contribution in [-0.4, -0.2) is 47.2 Å². The van der Waals surface area contributed by atoms with E-state index in [1.54, 1.807) is 11.8 Å². The molecule has 2 unspecified atom stereocenters. The van der Waals surface area contributed by atoms with Gasteiger partial charge in [0.05, 0.1) is 24.8 Å². The Kier molecular flexibility index (Phi) is 3.36. The second-order valence-corrected chi connectivity index (χ2v) is 4.73. The first-order valence-corrected chi connectivity index (χ1v) is 5.91. The van der Waals surface area contributed by atoms with Crippen LogP contribution in [0.2, 0.25) is 0 Å². The zero-order valence-electron chi connectivity index (χ0n) is 10.8. The molecule has 1 aliphatic heterocycles. The lowest BCUT2D eigenvalue weighted by Crippen LogP contribution is -2.30. The molecule has 0 spiro atoms. The van der Waals surface area contributed by atoms with Gasteiger partial charge >= 0.3 is 5.97 Å². The molecule has 1 amide bonds. The predicted molar refractivity (Wildman–Crippen MR) is 63.9 cm³/mol. The highest BCUT2D eigenvalue weighted by molar-refractivity contribution is 5.95. The maximum Gasteiger partial charge on any atom is 0.310 e. The topological polar surface area (TPSA) is 75.3 Å². The Balaban J connectivity index is 2.11. The van der Waals surface area contributed by atoms with Crippen molar-refractivity contribution < 1.29 is 14.3 Å². The number of ether oxygens (including phenoxy) is 1. The van der Waals surface area contributed by atoms with E-state index in [9.17, 15) is 9.59 Å². The second-order valence-electron chi connectivity index (χ2n) is 4.73. The fourth-order valence-corrected chi connectivity index (χ4v) is 2.33. The fourth-order valence-electron chi connectivity index (χ4n) is 2.33. The van der Waals surface area contributed by atoms with Crippen LogP contribution in [0, 0.1) is 18.8 Å². The van der Waals surface area contributed by atoms with Gasteiger partial charge in [-0.15, -0.1) is 0 Å². The Labute approximate surface area is 105 Å². The first-order chi connectivity index (χ1) is 8.54. The molecule has 6 heteroatoms. The SMILES string of the molecule is COC(=O)C1CN(C(=O)c2cn[nH]c2C)CC1C. The summed E-state index contributed by atoms with van der Waals surface area (Å²) < 4.78 is 4.75. The Bertz CT molecular complexity index is 469. The number of methoxy groups -OCH3 is 1. The van der Waals surface area contributed by atoms with Crippen molar-refractivity contribution in [1.29, 1.82) is 0 Å². The number of hydrogen-bond acceptors (Lipinski definition) is 4. The van der Waals surface area contributed by atoms with Gasteiger partial charge in [-0.05, 0) is 12.8 Å². The normalized spacial score (nSPS) is 23.2. The van der Waals surface area contributed by atoms with Crippen LogP contribution in [0.1, 0.15) is 23.0 Å². The molecule has 0 saturated carbocycles. The zero-order chi connectivity index (χ0) is 13.3. The Morgan fingerprint density at radius 1 is 1.50 bits per heavy atom. The quantitative estimate of drug-likeness (QED) is 0.781. The van der Waals surface area contributed by atoms with Crippen LogP contribution in [0.3, 0.4) is 0 Å². The van der Waals surface area contributed by atoms with E-state index >= 15 is 0 Å². The van der Waals surface area contributed by atoms with E-state index in [4.69, 9.17) is 4.74 Å². The van der Waals surface area contributed by atoms with E-state index in [-0.39, 0.29) is 23.7 Å². The molecule has 1 fully saturated rings. The van der Waals surface area contributed by atoms with Gasteiger partial charge in [0.15, 0.2) is 0 Å². The number of nitrogens with zero attached hydrogens (tertiary/aromatic N) is 2. The van der Waals surface area contributed by atoms with E-state index in [1.807, 2.05) is 6.92 Å². The number of carbonyl (C=O) groups is 2. The molecule has 1 aromatic heterocycles. The second kappa shape index (κ2) is 4.80. The van der Waals surface area contributed by atoms with E-state index in [2.05, 4.69) is 10.2 Å². The van der Waals surface area contributed by atoms with Crippen molar-refractivity contribution in [3.05, 3.63) is 17.5 Å². The number of amides is 1. The first-order valence-electron chi connectivity index (χ1n) is 5.91. The molecule has 1 aliphatic rings. The lowest BCUT2D eigenvalue weighted by Gasteiger charge is -2.15. The van der Waals surface area contributed by atoms with Gasteiger partial charge in [-0.1, -0.05) is 6.92 Å². The molecular formula is C12H17N3O3. The van der Waals surface area contributed by atoms with Gasteiger partial charge in [0.2, 0.25) is 0 Å². The summed E-state index contributed by atoms with van der Waals surface area (Å²) in [5.74, 6) is -0.444. The van der Waals surface area contributed by atoms with Crippen molar-refractivity contribution in [3.8, 4) is 0 Å². The number of likely N-dealkylation sites (tertiary alicyclic amines) is 1. The summed E-state index contributed by atoms with van der Waals surface area (Å²) in [4.78, 5) is 25.5. The van der Waals surface area contributed by atoms with Crippen LogP contribution in [0.15, 0.2) is 6.20 Å². The number of nitrogens with one attached hydrogen (secondary N) is 1. The molecule has 0 bridgehead atoms. The molecule has 1 N–H and O–H groups in total. The van der Waals surface area contributed by atoms with Gasteiger partial charge < -0.3 is 9.64 Å². The minimum absolute atomic E-state index is 0.0838. The summed E-state index contributed by atoms with van der Waals surface area (Å²) in [5.41, 5.74) is 1.31. The average molecular weight is 251 g/mol. The molecule has 98 valence electrons. The highest BCUT2D eigenvalue weighted by Crippen LogP contribution is 2.25. The third-order valence-electron chi connectivity index (χ3n) is 3.46. The highest BCUT2D eigenvalue weighted by atomic mass is 16.5. The number of esters is 1. The number of rotatable bonds is 2. The summed E-state index contributed by atoms with van der Waals surface area (Å²) in [5, 5.41) is 6.58. The van der Waals surface area contributed by atoms with E-state index in [1.165, 1.54) is 13.3 Å². The molecule has 1 aromatic rings. The van der Waals surface area contributed by atoms with Crippen molar-refractivity contribution in [2.75, 3.05) is 20.2 Å². The van der Waals surface area contributed by atoms with Crippen LogP contribution in [0.25, 0.3) is 0 Å². The van der Waals surface area contributed by atoms with Gasteiger partial charge in [-0.25, -0.2) is 0 Å². The predicted octanol–water partition coefficient (Wildman–Crippen LogP) is 0.599. The molecule has 0 aliphatic carbocycles. The average Bonchev–Trinajstić information content (AvgIpc) is 2.93. The third-order valence-corrected chi connectivity index (χ3v) is 3.46. The molecular weight excluding hydrogens is 234 g/mol. The van der Waals surface area contributed by atoms with Crippen molar-refractivity contribution in [3.63, 3.8) is 0 Å². The third kappa shape index (κ3) is 2.10. The van der Waals surface area contributed by atoms with Crippen LogP contribution >= 0.6 is 0 Å². The molecule has 2 heterocycles. The van der Waals surface area contributed by atoms with Gasteiger partial charge in [0, 0.05) is 18.8 Å². The summed E-state index contributed by atoms with van der Waals surface area (Å²) >= 11 is 0. The molecule has 2 atom stereocenters. The van der Waals surface area contributed by atoms with Gasteiger partial charge in [-0.2, -0.15) is 5.10 Å². The Hall–Kier alpha value is -1.85. The lowest BCUT2D eigenvalue weighted by molar-refractivity contribution is -0.146. The summed E-state index contributed by atoms with van der Waals surface area (Å²) in [7, 11) is 1.37. The van der Waals surface area contributed by atoms with Crippen molar-refractivity contribution >= 4 is 11.9 Å². The minimum atomic E-state index is -0.248. The summed E-state index contributed by atoms with van der Waals surface area (Å²) in [6.45, 7) is 4.75. The molecule has 18 heavy (non-hydrogen) atoms. The maximum atomic E-state index is 12.2. The smallest absolute Gasteiger partial charge is 0.310 e. The van der Waals surface area contributed by atoms with E-state index < -0.39 is 0 Å². The minimum Gasteiger partial charge on any atom is -0.469 e. The molecule has 0 radical (unpaired) electrons. The van der Waals surface area contributed by atoms with E-state index in [0.717, 1.165) is 5.69 Å². The molecule has 0 aromatic carbocycles. The van der Waals surface area contributed by atoms with E-state index in [0.29, 0.717) is 18.7 Å². The molecule has 2 rings (SSSR count). The molecule has 6 nitrogen and oxygen atoms in total. The summed E-state index contributed by atoms with van der Waals surface area (Å²) in [6.07, 6.45) is 1.52. The van der Waals surface area contributed by atoms with Crippen molar-refractivity contribution in [1.82, 2.24) is 15.1 Å². The highest BCUT2D eigenvalue weighted by Gasteiger charge is 2.38. The van der Waals surface area contributed by atoms with Crippen LogP contribution in [0.5, 0.6) is 0 Å². The largest absolute Gasteiger partial charge is 0.469 e. The van der Waals surface area contributed by atoms with Gasteiger partial charge in [0.1, 0.15) is 0 Å². The summed E-state index contributed by atoms with van der Waals surface area (Å²) in [6, 6.07) is 0. The Morgan fingerprint density at radius 3 is 2.78 bits per heavy atom. The number of aromatic nitrogens is 2. The monoisotopic (exact) mass is 251 g/mol. The number of aryl methyl sites for hydroxylation is 1. The van der Waals surface area contributed by atoms with Gasteiger partial charge in [-0.3, -0.25) is 14.7 Å².